The van der Waals surface area contributed by atoms with Gasteiger partial charge in [0.1, 0.15) is 0 Å². The summed E-state index contributed by atoms with van der Waals surface area (Å²) in [6.45, 7) is 2.89. The minimum Gasteiger partial charge on any atom is -0.390 e. The summed E-state index contributed by atoms with van der Waals surface area (Å²) in [4.78, 5) is 0. The highest BCUT2D eigenvalue weighted by atomic mass is 16.5. The molecule has 2 aliphatic rings. The summed E-state index contributed by atoms with van der Waals surface area (Å²) >= 11 is 0. The molecule has 0 bridgehead atoms. The second-order valence-electron chi connectivity index (χ2n) is 4.81. The zero-order valence-electron chi connectivity index (χ0n) is 8.46. The fourth-order valence-electron chi connectivity index (χ4n) is 2.36. The molecule has 2 nitrogen and oxygen atoms in total. The molecule has 0 aromatic rings. The molecule has 0 aromatic heterocycles. The van der Waals surface area contributed by atoms with Crippen LogP contribution in [0.3, 0.4) is 0 Å². The first-order valence-electron chi connectivity index (χ1n) is 5.53. The van der Waals surface area contributed by atoms with Gasteiger partial charge in [0.2, 0.25) is 0 Å². The van der Waals surface area contributed by atoms with Gasteiger partial charge in [-0.05, 0) is 32.1 Å². The molecule has 1 aliphatic heterocycles. The van der Waals surface area contributed by atoms with Crippen LogP contribution in [0, 0.1) is 5.92 Å². The largest absolute Gasteiger partial charge is 0.390 e. The second-order valence-corrected chi connectivity index (χ2v) is 4.81. The lowest BCUT2D eigenvalue weighted by Crippen LogP contribution is -2.40. The van der Waals surface area contributed by atoms with Gasteiger partial charge in [-0.25, -0.2) is 0 Å². The molecule has 76 valence electrons. The molecule has 2 fully saturated rings. The summed E-state index contributed by atoms with van der Waals surface area (Å²) in [6.07, 6.45) is 6.84. The van der Waals surface area contributed by atoms with Crippen LogP contribution in [-0.2, 0) is 4.74 Å². The predicted molar refractivity (Wildman–Crippen MR) is 51.6 cm³/mol. The third-order valence-electron chi connectivity index (χ3n) is 3.74. The van der Waals surface area contributed by atoms with E-state index in [4.69, 9.17) is 4.74 Å². The van der Waals surface area contributed by atoms with Crippen molar-refractivity contribution in [3.63, 3.8) is 0 Å². The van der Waals surface area contributed by atoms with Gasteiger partial charge in [-0.15, -0.1) is 0 Å². The molecule has 1 N–H and O–H groups in total. The van der Waals surface area contributed by atoms with E-state index in [9.17, 15) is 5.11 Å². The molecule has 1 saturated carbocycles. The van der Waals surface area contributed by atoms with Gasteiger partial charge in [-0.2, -0.15) is 0 Å². The Balaban J connectivity index is 1.83. The summed E-state index contributed by atoms with van der Waals surface area (Å²) in [7, 11) is 0. The van der Waals surface area contributed by atoms with Gasteiger partial charge in [0.15, 0.2) is 0 Å². The highest BCUT2D eigenvalue weighted by Crippen LogP contribution is 2.36. The first kappa shape index (κ1) is 9.47. The van der Waals surface area contributed by atoms with Crippen molar-refractivity contribution in [3.05, 3.63) is 0 Å². The molecule has 2 rings (SSSR count). The normalized spacial score (nSPS) is 37.4. The van der Waals surface area contributed by atoms with Gasteiger partial charge in [-0.1, -0.05) is 19.3 Å². The van der Waals surface area contributed by atoms with Gasteiger partial charge < -0.3 is 9.84 Å². The Kier molecular flexibility index (Phi) is 2.61. The highest BCUT2D eigenvalue weighted by molar-refractivity contribution is 4.89. The lowest BCUT2D eigenvalue weighted by atomic mass is 9.78. The van der Waals surface area contributed by atoms with Gasteiger partial charge >= 0.3 is 0 Å². The monoisotopic (exact) mass is 184 g/mol. The smallest absolute Gasteiger partial charge is 0.0913 e. The predicted octanol–water partition coefficient (Wildman–Crippen LogP) is 2.11. The second kappa shape index (κ2) is 3.58. The van der Waals surface area contributed by atoms with E-state index in [1.54, 1.807) is 0 Å². The van der Waals surface area contributed by atoms with Crippen LogP contribution < -0.4 is 0 Å². The third-order valence-corrected chi connectivity index (χ3v) is 3.74. The van der Waals surface area contributed by atoms with E-state index >= 15 is 0 Å². The van der Waals surface area contributed by atoms with Gasteiger partial charge in [0.25, 0.3) is 0 Å². The SMILES string of the molecule is CC1(C(O)CC2CCC2)CCCO1. The zero-order chi connectivity index (χ0) is 9.31. The minimum absolute atomic E-state index is 0.227. The average Bonchev–Trinajstić information content (AvgIpc) is 2.45. The molecule has 13 heavy (non-hydrogen) atoms. The molecule has 2 atom stereocenters. The summed E-state index contributed by atoms with van der Waals surface area (Å²) in [5.74, 6) is 0.774. The number of aliphatic hydroxyl groups excluding tert-OH is 1. The molecular formula is C11H20O2. The highest BCUT2D eigenvalue weighted by Gasteiger charge is 2.38. The fraction of sp³-hybridized carbons (Fsp3) is 1.00. The molecule has 2 unspecified atom stereocenters. The van der Waals surface area contributed by atoms with Crippen molar-refractivity contribution in [2.75, 3.05) is 6.61 Å². The van der Waals surface area contributed by atoms with E-state index in [-0.39, 0.29) is 11.7 Å². The van der Waals surface area contributed by atoms with E-state index in [1.165, 1.54) is 19.3 Å². The van der Waals surface area contributed by atoms with Crippen LogP contribution in [0.1, 0.15) is 45.4 Å². The molecule has 1 saturated heterocycles. The van der Waals surface area contributed by atoms with Crippen molar-refractivity contribution in [2.45, 2.75) is 57.2 Å². The Labute approximate surface area is 80.3 Å². The third kappa shape index (κ3) is 1.89. The number of hydrogen-bond donors (Lipinski definition) is 1. The van der Waals surface area contributed by atoms with Crippen molar-refractivity contribution >= 4 is 0 Å². The number of aliphatic hydroxyl groups is 1. The van der Waals surface area contributed by atoms with Crippen LogP contribution in [0.15, 0.2) is 0 Å². The van der Waals surface area contributed by atoms with Crippen molar-refractivity contribution in [2.24, 2.45) is 5.92 Å². The van der Waals surface area contributed by atoms with Crippen LogP contribution >= 0.6 is 0 Å². The van der Waals surface area contributed by atoms with Crippen LogP contribution in [0.2, 0.25) is 0 Å². The molecule has 2 heteroatoms. The topological polar surface area (TPSA) is 29.5 Å². The van der Waals surface area contributed by atoms with E-state index in [0.717, 1.165) is 31.8 Å². The molecular weight excluding hydrogens is 164 g/mol. The first-order chi connectivity index (χ1) is 6.21. The van der Waals surface area contributed by atoms with Crippen LogP contribution in [0.25, 0.3) is 0 Å². The van der Waals surface area contributed by atoms with E-state index in [0.29, 0.717) is 0 Å². The summed E-state index contributed by atoms with van der Waals surface area (Å²) in [6, 6.07) is 0. The Bertz CT molecular complexity index is 169. The Morgan fingerprint density at radius 3 is 2.69 bits per heavy atom. The fourth-order valence-corrected chi connectivity index (χ4v) is 2.36. The quantitative estimate of drug-likeness (QED) is 0.728. The van der Waals surface area contributed by atoms with Crippen LogP contribution in [-0.4, -0.2) is 23.4 Å². The van der Waals surface area contributed by atoms with E-state index in [2.05, 4.69) is 6.92 Å². The van der Waals surface area contributed by atoms with Crippen molar-refractivity contribution in [1.29, 1.82) is 0 Å². The molecule has 0 amide bonds. The zero-order valence-corrected chi connectivity index (χ0v) is 8.46. The Morgan fingerprint density at radius 1 is 1.46 bits per heavy atom. The average molecular weight is 184 g/mol. The maximum Gasteiger partial charge on any atom is 0.0913 e. The minimum atomic E-state index is -0.236. The number of rotatable bonds is 3. The standard InChI is InChI=1S/C11H20O2/c1-11(6-3-7-13-11)10(12)8-9-4-2-5-9/h9-10,12H,2-8H2,1H3. The van der Waals surface area contributed by atoms with E-state index < -0.39 is 0 Å². The maximum absolute atomic E-state index is 10.0. The van der Waals surface area contributed by atoms with Gasteiger partial charge in [-0.3, -0.25) is 0 Å². The van der Waals surface area contributed by atoms with Crippen LogP contribution in [0.4, 0.5) is 0 Å². The Hall–Kier alpha value is -0.0800. The van der Waals surface area contributed by atoms with Crippen molar-refractivity contribution < 1.29 is 9.84 Å². The molecule has 1 heterocycles. The molecule has 0 spiro atoms. The maximum atomic E-state index is 10.0. The van der Waals surface area contributed by atoms with E-state index in [1.807, 2.05) is 0 Å². The molecule has 0 aromatic carbocycles. The van der Waals surface area contributed by atoms with Crippen LogP contribution in [0.5, 0.6) is 0 Å². The van der Waals surface area contributed by atoms with Crippen molar-refractivity contribution in [3.8, 4) is 0 Å². The lowest BCUT2D eigenvalue weighted by Gasteiger charge is -2.34. The summed E-state index contributed by atoms with van der Waals surface area (Å²) in [5.41, 5.74) is -0.227. The summed E-state index contributed by atoms with van der Waals surface area (Å²) in [5, 5.41) is 10.0. The number of hydrogen-bond acceptors (Lipinski definition) is 2. The molecule has 0 radical (unpaired) electrons. The number of ether oxygens (including phenoxy) is 1. The van der Waals surface area contributed by atoms with Gasteiger partial charge in [0, 0.05) is 6.61 Å². The van der Waals surface area contributed by atoms with Gasteiger partial charge in [0.05, 0.1) is 11.7 Å². The summed E-state index contributed by atoms with van der Waals surface area (Å²) < 4.78 is 5.62. The molecule has 1 aliphatic carbocycles. The first-order valence-corrected chi connectivity index (χ1v) is 5.53. The lowest BCUT2D eigenvalue weighted by molar-refractivity contribution is -0.0892. The van der Waals surface area contributed by atoms with Crippen molar-refractivity contribution in [1.82, 2.24) is 0 Å². The Morgan fingerprint density at radius 2 is 2.23 bits per heavy atom.